The number of hydrogen-bond acceptors (Lipinski definition) is 3. The van der Waals surface area contributed by atoms with Crippen molar-refractivity contribution < 1.29 is 13.9 Å². The van der Waals surface area contributed by atoms with E-state index in [1.54, 1.807) is 19.2 Å². The van der Waals surface area contributed by atoms with Crippen molar-refractivity contribution in [3.63, 3.8) is 0 Å². The highest BCUT2D eigenvalue weighted by Crippen LogP contribution is 2.29. The third-order valence-electron chi connectivity index (χ3n) is 3.67. The Morgan fingerprint density at radius 2 is 1.77 bits per heavy atom. The Balaban J connectivity index is 1.96. The average Bonchev–Trinajstić information content (AvgIpc) is 2.95. The quantitative estimate of drug-likeness (QED) is 0.783. The number of methoxy groups -OCH3 is 1. The van der Waals surface area contributed by atoms with Gasteiger partial charge >= 0.3 is 0 Å². The predicted octanol–water partition coefficient (Wildman–Crippen LogP) is 4.31. The van der Waals surface area contributed by atoms with Crippen molar-refractivity contribution in [1.29, 1.82) is 0 Å². The number of nitrogens with one attached hydrogen (secondary N) is 1. The number of carbonyl (C=O) groups is 1. The molecule has 3 rings (SSSR count). The predicted molar refractivity (Wildman–Crippen MR) is 86.6 cm³/mol. The maximum absolute atomic E-state index is 12.4. The van der Waals surface area contributed by atoms with Gasteiger partial charge in [-0.3, -0.25) is 4.79 Å². The highest BCUT2D eigenvalue weighted by atomic mass is 16.5. The highest BCUT2D eigenvalue weighted by molar-refractivity contribution is 6.05. The lowest BCUT2D eigenvalue weighted by Crippen LogP contribution is -2.12. The molecule has 0 atom stereocenters. The minimum absolute atomic E-state index is 0.266. The molecule has 2 aromatic carbocycles. The summed E-state index contributed by atoms with van der Waals surface area (Å²) in [7, 11) is 1.58. The number of amides is 1. The first kappa shape index (κ1) is 14.2. The Labute approximate surface area is 128 Å². The van der Waals surface area contributed by atoms with Gasteiger partial charge in [0.25, 0.3) is 5.91 Å². The zero-order valence-electron chi connectivity index (χ0n) is 12.8. The van der Waals surface area contributed by atoms with Gasteiger partial charge in [0.1, 0.15) is 0 Å². The molecule has 0 aliphatic rings. The second-order valence-electron chi connectivity index (χ2n) is 5.21. The molecule has 1 heterocycles. The van der Waals surface area contributed by atoms with Crippen molar-refractivity contribution >= 4 is 22.6 Å². The minimum atomic E-state index is -0.268. The van der Waals surface area contributed by atoms with Crippen molar-refractivity contribution in [3.05, 3.63) is 59.4 Å². The van der Waals surface area contributed by atoms with Crippen LogP contribution < -0.4 is 10.1 Å². The van der Waals surface area contributed by atoms with Crippen LogP contribution in [0.15, 0.2) is 46.9 Å². The topological polar surface area (TPSA) is 51.5 Å². The maximum atomic E-state index is 12.4. The molecule has 0 fully saturated rings. The van der Waals surface area contributed by atoms with E-state index < -0.39 is 0 Å². The van der Waals surface area contributed by atoms with Crippen molar-refractivity contribution in [3.8, 4) is 5.75 Å². The Morgan fingerprint density at radius 1 is 1.09 bits per heavy atom. The van der Waals surface area contributed by atoms with E-state index in [1.807, 2.05) is 44.2 Å². The van der Waals surface area contributed by atoms with Crippen molar-refractivity contribution in [2.45, 2.75) is 13.8 Å². The van der Waals surface area contributed by atoms with E-state index >= 15 is 0 Å². The van der Waals surface area contributed by atoms with Gasteiger partial charge in [-0.1, -0.05) is 30.3 Å². The van der Waals surface area contributed by atoms with E-state index in [2.05, 4.69) is 5.32 Å². The van der Waals surface area contributed by atoms with Crippen LogP contribution >= 0.6 is 0 Å². The van der Waals surface area contributed by atoms with Gasteiger partial charge < -0.3 is 14.5 Å². The summed E-state index contributed by atoms with van der Waals surface area (Å²) in [4.78, 5) is 12.4. The minimum Gasteiger partial charge on any atom is -0.493 e. The monoisotopic (exact) mass is 295 g/mol. The number of rotatable bonds is 3. The lowest BCUT2D eigenvalue weighted by atomic mass is 10.1. The molecule has 22 heavy (non-hydrogen) atoms. The number of aryl methyl sites for hydroxylation is 2. The molecule has 3 aromatic rings. The smallest absolute Gasteiger partial charge is 0.291 e. The molecule has 4 nitrogen and oxygen atoms in total. The first-order valence-corrected chi connectivity index (χ1v) is 7.04. The summed E-state index contributed by atoms with van der Waals surface area (Å²) >= 11 is 0. The zero-order valence-corrected chi connectivity index (χ0v) is 12.8. The first-order valence-electron chi connectivity index (χ1n) is 7.04. The molecule has 0 bridgehead atoms. The van der Waals surface area contributed by atoms with Crippen LogP contribution in [0, 0.1) is 13.8 Å². The molecule has 0 aliphatic carbocycles. The van der Waals surface area contributed by atoms with Crippen LogP contribution in [0.25, 0.3) is 11.0 Å². The lowest BCUT2D eigenvalue weighted by Gasteiger charge is -2.10. The molecule has 1 aromatic heterocycles. The Bertz CT molecular complexity index is 828. The molecule has 0 saturated carbocycles. The third-order valence-corrected chi connectivity index (χ3v) is 3.67. The van der Waals surface area contributed by atoms with Crippen molar-refractivity contribution in [2.24, 2.45) is 0 Å². The number of para-hydroxylation sites is 2. The normalized spacial score (nSPS) is 10.7. The SMILES string of the molecule is COc1cccc2cc(C(=O)Nc3c(C)cccc3C)oc12. The molecular formula is C18H17NO3. The molecule has 112 valence electrons. The number of hydrogen-bond donors (Lipinski definition) is 1. The third kappa shape index (κ3) is 2.44. The van der Waals surface area contributed by atoms with Gasteiger partial charge in [-0.2, -0.15) is 0 Å². The fourth-order valence-electron chi connectivity index (χ4n) is 2.50. The summed E-state index contributed by atoms with van der Waals surface area (Å²) in [6.45, 7) is 3.93. The Hall–Kier alpha value is -2.75. The summed E-state index contributed by atoms with van der Waals surface area (Å²) in [6.07, 6.45) is 0. The number of furan rings is 1. The van der Waals surface area contributed by atoms with Crippen LogP contribution in [0.2, 0.25) is 0 Å². The molecule has 0 radical (unpaired) electrons. The molecule has 0 unspecified atom stereocenters. The van der Waals surface area contributed by atoms with Gasteiger partial charge in [0.15, 0.2) is 17.1 Å². The molecule has 0 spiro atoms. The number of anilines is 1. The van der Waals surface area contributed by atoms with E-state index in [-0.39, 0.29) is 11.7 Å². The van der Waals surface area contributed by atoms with Crippen LogP contribution in [-0.2, 0) is 0 Å². The van der Waals surface area contributed by atoms with Crippen molar-refractivity contribution in [1.82, 2.24) is 0 Å². The number of benzene rings is 2. The van der Waals surface area contributed by atoms with E-state index in [1.165, 1.54) is 0 Å². The first-order chi connectivity index (χ1) is 10.6. The van der Waals surface area contributed by atoms with Crippen LogP contribution in [0.1, 0.15) is 21.7 Å². The lowest BCUT2D eigenvalue weighted by molar-refractivity contribution is 0.0998. The van der Waals surface area contributed by atoms with Crippen LogP contribution in [0.3, 0.4) is 0 Å². The van der Waals surface area contributed by atoms with E-state index in [0.29, 0.717) is 11.3 Å². The van der Waals surface area contributed by atoms with E-state index in [9.17, 15) is 4.79 Å². The van der Waals surface area contributed by atoms with Gasteiger partial charge in [-0.15, -0.1) is 0 Å². The van der Waals surface area contributed by atoms with Crippen LogP contribution in [0.5, 0.6) is 5.75 Å². The van der Waals surface area contributed by atoms with Crippen LogP contribution in [-0.4, -0.2) is 13.0 Å². The van der Waals surface area contributed by atoms with Gasteiger partial charge in [0.2, 0.25) is 0 Å². The summed E-state index contributed by atoms with van der Waals surface area (Å²) < 4.78 is 10.9. The van der Waals surface area contributed by atoms with E-state index in [4.69, 9.17) is 9.15 Å². The summed E-state index contributed by atoms with van der Waals surface area (Å²) in [5.41, 5.74) is 3.43. The fraction of sp³-hybridized carbons (Fsp3) is 0.167. The van der Waals surface area contributed by atoms with Gasteiger partial charge in [-0.05, 0) is 37.1 Å². The largest absolute Gasteiger partial charge is 0.493 e. The fourth-order valence-corrected chi connectivity index (χ4v) is 2.50. The summed E-state index contributed by atoms with van der Waals surface area (Å²) in [5.74, 6) is 0.612. The molecular weight excluding hydrogens is 278 g/mol. The molecule has 1 N–H and O–H groups in total. The number of fused-ring (bicyclic) bond motifs is 1. The van der Waals surface area contributed by atoms with Gasteiger partial charge in [0, 0.05) is 11.1 Å². The highest BCUT2D eigenvalue weighted by Gasteiger charge is 2.16. The average molecular weight is 295 g/mol. The molecule has 0 saturated heterocycles. The number of ether oxygens (including phenoxy) is 1. The molecule has 1 amide bonds. The van der Waals surface area contributed by atoms with Gasteiger partial charge in [0.05, 0.1) is 7.11 Å². The number of carbonyl (C=O) groups excluding carboxylic acids is 1. The maximum Gasteiger partial charge on any atom is 0.291 e. The zero-order chi connectivity index (χ0) is 15.7. The molecule has 4 heteroatoms. The van der Waals surface area contributed by atoms with E-state index in [0.717, 1.165) is 22.2 Å². The Morgan fingerprint density at radius 3 is 2.45 bits per heavy atom. The second-order valence-corrected chi connectivity index (χ2v) is 5.21. The Kier molecular flexibility index (Phi) is 3.59. The van der Waals surface area contributed by atoms with Crippen LogP contribution in [0.4, 0.5) is 5.69 Å². The van der Waals surface area contributed by atoms with Gasteiger partial charge in [-0.25, -0.2) is 0 Å². The summed E-state index contributed by atoms with van der Waals surface area (Å²) in [5, 5.41) is 3.76. The molecule has 0 aliphatic heterocycles. The van der Waals surface area contributed by atoms with Crippen molar-refractivity contribution in [2.75, 3.05) is 12.4 Å². The standard InChI is InChI=1S/C18H17NO3/c1-11-6-4-7-12(2)16(11)19-18(20)15-10-13-8-5-9-14(21-3)17(13)22-15/h4-10H,1-3H3,(H,19,20). The second kappa shape index (κ2) is 5.56. The summed E-state index contributed by atoms with van der Waals surface area (Å²) in [6, 6.07) is 13.2.